The molecule has 3 nitrogen and oxygen atoms in total. The highest BCUT2D eigenvalue weighted by Crippen LogP contribution is 2.14. The van der Waals surface area contributed by atoms with Gasteiger partial charge in [-0.1, -0.05) is 34.6 Å². The van der Waals surface area contributed by atoms with Crippen LogP contribution >= 0.6 is 0 Å². The fourth-order valence-corrected chi connectivity index (χ4v) is 0.821. The lowest BCUT2D eigenvalue weighted by Crippen LogP contribution is -1.93. The first-order valence-corrected chi connectivity index (χ1v) is 7.60. The maximum absolute atomic E-state index is 12.5. The molecule has 0 saturated carbocycles. The summed E-state index contributed by atoms with van der Waals surface area (Å²) in [6.45, 7) is 18.7. The summed E-state index contributed by atoms with van der Waals surface area (Å²) in [6.07, 6.45) is 1.10. The minimum atomic E-state index is -0.253. The van der Waals surface area contributed by atoms with E-state index in [1.54, 1.807) is 6.07 Å². The molecule has 0 aliphatic heterocycles. The van der Waals surface area contributed by atoms with Crippen molar-refractivity contribution in [2.24, 2.45) is 5.73 Å². The Bertz CT molecular complexity index is 260. The second-order valence-electron chi connectivity index (χ2n) is 2.96. The molecule has 0 saturated heterocycles. The minimum absolute atomic E-state index is 0.253. The van der Waals surface area contributed by atoms with Gasteiger partial charge in [-0.2, -0.15) is 0 Å². The Balaban J connectivity index is -0.0000000680. The van der Waals surface area contributed by atoms with E-state index in [1.807, 2.05) is 34.6 Å². The highest BCUT2D eigenvalue weighted by Gasteiger charge is 1.95. The number of aliphatic hydroxyl groups excluding tert-OH is 1. The van der Waals surface area contributed by atoms with E-state index in [-0.39, 0.29) is 5.82 Å². The third-order valence-electron chi connectivity index (χ3n) is 1.54. The van der Waals surface area contributed by atoms with Crippen molar-refractivity contribution in [2.75, 3.05) is 20.8 Å². The summed E-state index contributed by atoms with van der Waals surface area (Å²) in [5, 5.41) is 7.00. The zero-order chi connectivity index (χ0) is 19.0. The molecule has 0 spiro atoms. The van der Waals surface area contributed by atoms with Crippen LogP contribution in [0.15, 0.2) is 31.4 Å². The van der Waals surface area contributed by atoms with Crippen LogP contribution in [0.5, 0.6) is 5.75 Å². The van der Waals surface area contributed by atoms with E-state index in [0.29, 0.717) is 5.75 Å². The molecule has 0 heterocycles. The van der Waals surface area contributed by atoms with Crippen LogP contribution in [-0.2, 0) is 0 Å². The number of methoxy groups -OCH3 is 1. The monoisotopic (exact) mass is 319 g/mol. The first kappa shape index (κ1) is 32.5. The van der Waals surface area contributed by atoms with Crippen molar-refractivity contribution < 1.29 is 14.2 Å². The number of aryl methyl sites for hydroxylation is 1. The molecular formula is C18H38FNO2. The smallest absolute Gasteiger partial charge is 0.127 e. The van der Waals surface area contributed by atoms with E-state index >= 15 is 0 Å². The quantitative estimate of drug-likeness (QED) is 0.757. The molecule has 1 aromatic carbocycles. The van der Waals surface area contributed by atoms with Gasteiger partial charge in [-0.25, -0.2) is 4.39 Å². The van der Waals surface area contributed by atoms with Gasteiger partial charge in [-0.3, -0.25) is 0 Å². The molecule has 0 radical (unpaired) electrons. The van der Waals surface area contributed by atoms with Gasteiger partial charge < -0.3 is 15.6 Å². The van der Waals surface area contributed by atoms with Crippen LogP contribution in [0.25, 0.3) is 0 Å². The van der Waals surface area contributed by atoms with E-state index in [9.17, 15) is 4.39 Å². The molecule has 0 fully saturated rings. The second kappa shape index (κ2) is 36.7. The molecular weight excluding hydrogens is 281 g/mol. The number of aliphatic hydroxyl groups is 1. The molecule has 1 rings (SSSR count). The van der Waals surface area contributed by atoms with Gasteiger partial charge in [0.2, 0.25) is 0 Å². The molecule has 0 aliphatic carbocycles. The molecule has 0 aliphatic rings. The van der Waals surface area contributed by atoms with Gasteiger partial charge in [0, 0.05) is 13.2 Å². The molecule has 0 unspecified atom stereocenters. The number of halogens is 1. The van der Waals surface area contributed by atoms with Crippen molar-refractivity contribution in [3.63, 3.8) is 0 Å². The molecule has 0 atom stereocenters. The van der Waals surface area contributed by atoms with Crippen molar-refractivity contribution >= 4 is 0 Å². The zero-order valence-electron chi connectivity index (χ0n) is 15.9. The van der Waals surface area contributed by atoms with Gasteiger partial charge >= 0.3 is 0 Å². The number of benzene rings is 1. The van der Waals surface area contributed by atoms with Crippen LogP contribution in [0.1, 0.15) is 46.6 Å². The van der Waals surface area contributed by atoms with E-state index in [2.05, 4.69) is 20.1 Å². The Morgan fingerprint density at radius 2 is 1.45 bits per heavy atom. The lowest BCUT2D eigenvalue weighted by atomic mass is 10.2. The van der Waals surface area contributed by atoms with Gasteiger partial charge in [-0.15, -0.1) is 13.2 Å². The van der Waals surface area contributed by atoms with Crippen LogP contribution in [-0.4, -0.2) is 25.9 Å². The summed E-state index contributed by atoms with van der Waals surface area (Å²) in [4.78, 5) is 0. The number of hydrogen-bond acceptors (Lipinski definition) is 3. The summed E-state index contributed by atoms with van der Waals surface area (Å²) >= 11 is 0. The lowest BCUT2D eigenvalue weighted by Gasteiger charge is -1.99. The molecule has 1 aromatic rings. The van der Waals surface area contributed by atoms with Crippen molar-refractivity contribution in [3.05, 3.63) is 42.7 Å². The summed E-state index contributed by atoms with van der Waals surface area (Å²) in [5.74, 6) is 0.314. The van der Waals surface area contributed by atoms with Crippen molar-refractivity contribution in [3.8, 4) is 5.75 Å². The SMILES string of the molecule is C=C.CC.CC.CCCN.CO.COc1cc(C)cc(F)c1. The molecule has 22 heavy (non-hydrogen) atoms. The highest BCUT2D eigenvalue weighted by molar-refractivity contribution is 5.28. The largest absolute Gasteiger partial charge is 0.497 e. The predicted molar refractivity (Wildman–Crippen MR) is 99.1 cm³/mol. The van der Waals surface area contributed by atoms with Crippen LogP contribution in [0.4, 0.5) is 4.39 Å². The summed E-state index contributed by atoms with van der Waals surface area (Å²) in [6, 6.07) is 4.60. The van der Waals surface area contributed by atoms with Gasteiger partial charge in [0.25, 0.3) is 0 Å². The number of nitrogens with two attached hydrogens (primary N) is 1. The van der Waals surface area contributed by atoms with E-state index in [0.717, 1.165) is 25.6 Å². The average molecular weight is 320 g/mol. The van der Waals surface area contributed by atoms with Gasteiger partial charge in [0.05, 0.1) is 7.11 Å². The van der Waals surface area contributed by atoms with E-state index in [4.69, 9.17) is 15.6 Å². The average Bonchev–Trinajstić information content (AvgIpc) is 2.61. The van der Waals surface area contributed by atoms with Crippen molar-refractivity contribution in [1.82, 2.24) is 0 Å². The molecule has 0 aromatic heterocycles. The Hall–Kier alpha value is -1.39. The van der Waals surface area contributed by atoms with Crippen molar-refractivity contribution in [2.45, 2.75) is 48.0 Å². The number of ether oxygens (including phenoxy) is 1. The first-order chi connectivity index (χ1) is 10.6. The summed E-state index contributed by atoms with van der Waals surface area (Å²) in [5.41, 5.74) is 5.90. The third kappa shape index (κ3) is 31.2. The molecule has 134 valence electrons. The number of rotatable bonds is 2. The van der Waals surface area contributed by atoms with Crippen molar-refractivity contribution in [1.29, 1.82) is 0 Å². The second-order valence-corrected chi connectivity index (χ2v) is 2.96. The van der Waals surface area contributed by atoms with Crippen LogP contribution in [0, 0.1) is 12.7 Å². The standard InChI is InChI=1S/C8H9FO.C3H9N.2C2H6.C2H4.CH4O/c1-6-3-7(9)5-8(4-6)10-2;1-2-3-4;4*1-2/h3-5H,1-2H3;2-4H2,1H3;2*1-2H3;1-2H2;2H,1H3. The van der Waals surface area contributed by atoms with Gasteiger partial charge in [0.1, 0.15) is 11.6 Å². The Kier molecular flexibility index (Phi) is 54.2. The normalized spacial score (nSPS) is 6.68. The van der Waals surface area contributed by atoms with E-state index < -0.39 is 0 Å². The maximum atomic E-state index is 12.5. The molecule has 4 heteroatoms. The predicted octanol–water partition coefficient (Wildman–Crippen LogP) is 4.96. The maximum Gasteiger partial charge on any atom is 0.127 e. The van der Waals surface area contributed by atoms with Crippen LogP contribution in [0.3, 0.4) is 0 Å². The fraction of sp³-hybridized carbons (Fsp3) is 0.556. The zero-order valence-corrected chi connectivity index (χ0v) is 15.9. The van der Waals surface area contributed by atoms with Gasteiger partial charge in [-0.05, 0) is 37.6 Å². The Labute approximate surface area is 138 Å². The fourth-order valence-electron chi connectivity index (χ4n) is 0.821. The first-order valence-electron chi connectivity index (χ1n) is 7.60. The third-order valence-corrected chi connectivity index (χ3v) is 1.54. The Morgan fingerprint density at radius 1 is 1.09 bits per heavy atom. The topological polar surface area (TPSA) is 55.5 Å². The van der Waals surface area contributed by atoms with Crippen LogP contribution < -0.4 is 10.5 Å². The lowest BCUT2D eigenvalue weighted by molar-refractivity contribution is 0.399. The van der Waals surface area contributed by atoms with Crippen LogP contribution in [0.2, 0.25) is 0 Å². The summed E-state index contributed by atoms with van der Waals surface area (Å²) in [7, 11) is 2.52. The summed E-state index contributed by atoms with van der Waals surface area (Å²) < 4.78 is 17.4. The number of hydrogen-bond donors (Lipinski definition) is 2. The van der Waals surface area contributed by atoms with E-state index in [1.165, 1.54) is 19.2 Å². The minimum Gasteiger partial charge on any atom is -0.497 e. The molecule has 3 N–H and O–H groups in total. The Morgan fingerprint density at radius 3 is 1.68 bits per heavy atom. The molecule has 0 bridgehead atoms. The van der Waals surface area contributed by atoms with Gasteiger partial charge in [0.15, 0.2) is 0 Å². The highest BCUT2D eigenvalue weighted by atomic mass is 19.1. The molecule has 0 amide bonds.